The molecule has 4 rings (SSSR count). The normalized spacial score (nSPS) is 24.6. The van der Waals surface area contributed by atoms with Crippen LogP contribution in [0.15, 0.2) is 18.2 Å². The highest BCUT2D eigenvalue weighted by Crippen LogP contribution is 2.46. The number of carbonyl (C=O) groups excluding carboxylic acids is 1. The average molecular weight is 321 g/mol. The number of hydrogen-bond acceptors (Lipinski definition) is 5. The van der Waals surface area contributed by atoms with Crippen molar-refractivity contribution in [3.63, 3.8) is 0 Å². The van der Waals surface area contributed by atoms with Crippen LogP contribution in [0.25, 0.3) is 0 Å². The fourth-order valence-corrected chi connectivity index (χ4v) is 4.92. The van der Waals surface area contributed by atoms with E-state index in [-0.39, 0.29) is 17.4 Å². The molecule has 1 aromatic carbocycles. The first-order valence-electron chi connectivity index (χ1n) is 7.64. The van der Waals surface area contributed by atoms with Crippen molar-refractivity contribution in [2.24, 2.45) is 0 Å². The number of nitrogens with zero attached hydrogens (tertiary/aromatic N) is 1. The number of thioether (sulfide) groups is 1. The maximum atomic E-state index is 12.6. The van der Waals surface area contributed by atoms with E-state index in [2.05, 4.69) is 0 Å². The number of ether oxygens (including phenoxy) is 3. The molecular formula is C16H19NO4S. The highest BCUT2D eigenvalue weighted by atomic mass is 32.2. The minimum atomic E-state index is 0.0735. The van der Waals surface area contributed by atoms with Gasteiger partial charge in [0.2, 0.25) is 6.79 Å². The van der Waals surface area contributed by atoms with Crippen molar-refractivity contribution in [3.8, 4) is 11.5 Å². The van der Waals surface area contributed by atoms with E-state index < -0.39 is 0 Å². The van der Waals surface area contributed by atoms with Crippen LogP contribution in [-0.4, -0.2) is 53.9 Å². The van der Waals surface area contributed by atoms with Crippen LogP contribution in [0, 0.1) is 0 Å². The summed E-state index contributed by atoms with van der Waals surface area (Å²) in [5.41, 5.74) is 0.670. The predicted molar refractivity (Wildman–Crippen MR) is 83.7 cm³/mol. The molecule has 1 amide bonds. The Hall–Kier alpha value is -1.40. The van der Waals surface area contributed by atoms with Gasteiger partial charge in [-0.05, 0) is 31.5 Å². The summed E-state index contributed by atoms with van der Waals surface area (Å²) >= 11 is 1.95. The highest BCUT2D eigenvalue weighted by molar-refractivity contribution is 8.01. The van der Waals surface area contributed by atoms with Gasteiger partial charge in [-0.15, -0.1) is 11.8 Å². The van der Waals surface area contributed by atoms with Crippen molar-refractivity contribution in [2.75, 3.05) is 32.2 Å². The van der Waals surface area contributed by atoms with Gasteiger partial charge in [0.1, 0.15) is 0 Å². The molecule has 22 heavy (non-hydrogen) atoms. The van der Waals surface area contributed by atoms with Crippen LogP contribution in [-0.2, 0) is 4.74 Å². The Morgan fingerprint density at radius 3 is 3.05 bits per heavy atom. The minimum absolute atomic E-state index is 0.0735. The quantitative estimate of drug-likeness (QED) is 0.854. The van der Waals surface area contributed by atoms with Gasteiger partial charge in [0.15, 0.2) is 11.5 Å². The molecular weight excluding hydrogens is 302 g/mol. The molecule has 3 heterocycles. The molecule has 1 spiro atoms. The second-order valence-corrected chi connectivity index (χ2v) is 7.49. The topological polar surface area (TPSA) is 48.0 Å². The Balaban J connectivity index is 1.40. The second kappa shape index (κ2) is 5.35. The second-order valence-electron chi connectivity index (χ2n) is 6.00. The van der Waals surface area contributed by atoms with Gasteiger partial charge in [-0.1, -0.05) is 0 Å². The molecule has 6 heteroatoms. The Morgan fingerprint density at radius 1 is 1.41 bits per heavy atom. The zero-order valence-corrected chi connectivity index (χ0v) is 13.4. The fourth-order valence-electron chi connectivity index (χ4n) is 3.37. The molecule has 1 aromatic rings. The van der Waals surface area contributed by atoms with E-state index in [1.165, 1.54) is 0 Å². The van der Waals surface area contributed by atoms with Crippen molar-refractivity contribution in [1.82, 2.24) is 4.90 Å². The summed E-state index contributed by atoms with van der Waals surface area (Å²) in [5, 5.41) is 0. The van der Waals surface area contributed by atoms with Crippen LogP contribution in [0.4, 0.5) is 0 Å². The fraction of sp³-hybridized carbons (Fsp3) is 0.562. The van der Waals surface area contributed by atoms with Gasteiger partial charge in [0.25, 0.3) is 5.91 Å². The summed E-state index contributed by atoms with van der Waals surface area (Å²) in [6.07, 6.45) is 1.40. The SMILES string of the molecule is CCO[C@H]1CSC2(C1)CN(C(=O)c1ccc3c(c1)OCO3)C2. The smallest absolute Gasteiger partial charge is 0.254 e. The number of hydrogen-bond donors (Lipinski definition) is 0. The highest BCUT2D eigenvalue weighted by Gasteiger charge is 2.50. The lowest BCUT2D eigenvalue weighted by atomic mass is 9.92. The zero-order chi connectivity index (χ0) is 15.2. The number of fused-ring (bicyclic) bond motifs is 1. The number of rotatable bonds is 3. The van der Waals surface area contributed by atoms with Crippen molar-refractivity contribution in [3.05, 3.63) is 23.8 Å². The molecule has 3 aliphatic heterocycles. The molecule has 0 aromatic heterocycles. The molecule has 0 aliphatic carbocycles. The van der Waals surface area contributed by atoms with Crippen LogP contribution >= 0.6 is 11.8 Å². The molecule has 1 atom stereocenters. The summed E-state index contributed by atoms with van der Waals surface area (Å²) in [6.45, 7) is 4.66. The number of amides is 1. The Labute approximate surface area is 133 Å². The standard InChI is InChI=1S/C16H19NO4S/c1-2-19-12-6-16(22-7-12)8-17(9-16)15(18)11-3-4-13-14(5-11)21-10-20-13/h3-5,12H,2,6-10H2,1H3/t12-/m1/s1. The predicted octanol–water partition coefficient (Wildman–Crippen LogP) is 2.15. The summed E-state index contributed by atoms with van der Waals surface area (Å²) < 4.78 is 16.5. The molecule has 0 bridgehead atoms. The first kappa shape index (κ1) is 14.2. The lowest BCUT2D eigenvalue weighted by Gasteiger charge is -2.47. The molecule has 0 unspecified atom stereocenters. The summed E-state index contributed by atoms with van der Waals surface area (Å²) in [4.78, 5) is 14.5. The molecule has 3 aliphatic rings. The summed E-state index contributed by atoms with van der Waals surface area (Å²) in [7, 11) is 0. The van der Waals surface area contributed by atoms with Crippen molar-refractivity contribution in [1.29, 1.82) is 0 Å². The lowest BCUT2D eigenvalue weighted by molar-refractivity contribution is 0.0359. The molecule has 2 fully saturated rings. The average Bonchev–Trinajstić information content (AvgIpc) is 3.11. The van der Waals surface area contributed by atoms with Crippen molar-refractivity contribution < 1.29 is 19.0 Å². The third-order valence-electron chi connectivity index (χ3n) is 4.44. The van der Waals surface area contributed by atoms with E-state index in [9.17, 15) is 4.79 Å². The summed E-state index contributed by atoms with van der Waals surface area (Å²) in [6, 6.07) is 5.40. The van der Waals surface area contributed by atoms with E-state index in [0.29, 0.717) is 23.2 Å². The molecule has 2 saturated heterocycles. The molecule has 0 radical (unpaired) electrons. The zero-order valence-electron chi connectivity index (χ0n) is 12.5. The van der Waals surface area contributed by atoms with Crippen LogP contribution in [0.1, 0.15) is 23.7 Å². The van der Waals surface area contributed by atoms with Crippen LogP contribution in [0.2, 0.25) is 0 Å². The van der Waals surface area contributed by atoms with E-state index in [1.807, 2.05) is 29.7 Å². The van der Waals surface area contributed by atoms with Crippen LogP contribution in [0.5, 0.6) is 11.5 Å². The maximum absolute atomic E-state index is 12.6. The van der Waals surface area contributed by atoms with Crippen molar-refractivity contribution in [2.45, 2.75) is 24.2 Å². The first-order chi connectivity index (χ1) is 10.7. The van der Waals surface area contributed by atoms with E-state index in [1.54, 1.807) is 12.1 Å². The van der Waals surface area contributed by atoms with Gasteiger partial charge in [-0.3, -0.25) is 4.79 Å². The Morgan fingerprint density at radius 2 is 2.23 bits per heavy atom. The number of carbonyl (C=O) groups is 1. The summed E-state index contributed by atoms with van der Waals surface area (Å²) in [5.74, 6) is 2.49. The molecule has 0 saturated carbocycles. The maximum Gasteiger partial charge on any atom is 0.254 e. The number of benzene rings is 1. The van der Waals surface area contributed by atoms with Crippen LogP contribution in [0.3, 0.4) is 0 Å². The monoisotopic (exact) mass is 321 g/mol. The van der Waals surface area contributed by atoms with Gasteiger partial charge in [0, 0.05) is 31.0 Å². The third-order valence-corrected chi connectivity index (χ3v) is 6.02. The van der Waals surface area contributed by atoms with Gasteiger partial charge in [0.05, 0.1) is 10.9 Å². The molecule has 0 N–H and O–H groups in total. The first-order valence-corrected chi connectivity index (χ1v) is 8.62. The van der Waals surface area contributed by atoms with Gasteiger partial charge < -0.3 is 19.1 Å². The Kier molecular flexibility index (Phi) is 3.46. The van der Waals surface area contributed by atoms with Crippen molar-refractivity contribution >= 4 is 17.7 Å². The number of likely N-dealkylation sites (tertiary alicyclic amines) is 1. The van der Waals surface area contributed by atoms with Gasteiger partial charge in [-0.2, -0.15) is 0 Å². The minimum Gasteiger partial charge on any atom is -0.454 e. The third kappa shape index (κ3) is 2.34. The van der Waals surface area contributed by atoms with E-state index in [0.717, 1.165) is 31.9 Å². The molecule has 5 nitrogen and oxygen atoms in total. The Bertz CT molecular complexity index is 600. The van der Waals surface area contributed by atoms with E-state index in [4.69, 9.17) is 14.2 Å². The van der Waals surface area contributed by atoms with Gasteiger partial charge >= 0.3 is 0 Å². The largest absolute Gasteiger partial charge is 0.454 e. The van der Waals surface area contributed by atoms with E-state index >= 15 is 0 Å². The lowest BCUT2D eigenvalue weighted by Crippen LogP contribution is -2.60. The van der Waals surface area contributed by atoms with Crippen LogP contribution < -0.4 is 9.47 Å². The molecule has 118 valence electrons. The van der Waals surface area contributed by atoms with Gasteiger partial charge in [-0.25, -0.2) is 0 Å².